The van der Waals surface area contributed by atoms with Crippen LogP contribution in [0.5, 0.6) is 0 Å². The molecule has 2 heterocycles. The molecule has 6 heteroatoms. The number of ether oxygens (including phenoxy) is 1. The Morgan fingerprint density at radius 1 is 1.41 bits per heavy atom. The van der Waals surface area contributed by atoms with Crippen molar-refractivity contribution in [3.63, 3.8) is 0 Å². The summed E-state index contributed by atoms with van der Waals surface area (Å²) in [6, 6.07) is 0. The fraction of sp³-hybridized carbons (Fsp3) is 0.818. The second kappa shape index (κ2) is 5.46. The highest BCUT2D eigenvalue weighted by Gasteiger charge is 2.32. The molecule has 0 spiro atoms. The summed E-state index contributed by atoms with van der Waals surface area (Å²) in [5, 5.41) is 12.1. The summed E-state index contributed by atoms with van der Waals surface area (Å²) in [5.74, 6) is -0.938. The second-order valence-electron chi connectivity index (χ2n) is 4.53. The third-order valence-electron chi connectivity index (χ3n) is 3.30. The number of piperidine rings is 1. The number of morpholine rings is 1. The summed E-state index contributed by atoms with van der Waals surface area (Å²) in [7, 11) is 0. The molecule has 17 heavy (non-hydrogen) atoms. The smallest absolute Gasteiger partial charge is 0.334 e. The third kappa shape index (κ3) is 2.95. The van der Waals surface area contributed by atoms with Gasteiger partial charge in [0.15, 0.2) is 6.10 Å². The Morgan fingerprint density at radius 3 is 2.88 bits per heavy atom. The summed E-state index contributed by atoms with van der Waals surface area (Å²) in [4.78, 5) is 24.6. The van der Waals surface area contributed by atoms with Gasteiger partial charge in [-0.2, -0.15) is 0 Å². The van der Waals surface area contributed by atoms with Crippen molar-refractivity contribution in [3.05, 3.63) is 0 Å². The maximum absolute atomic E-state index is 12.2. The molecule has 1 unspecified atom stereocenters. The number of hydrogen-bond acceptors (Lipinski definition) is 4. The van der Waals surface area contributed by atoms with Crippen LogP contribution in [0.1, 0.15) is 12.8 Å². The molecule has 0 aromatic heterocycles. The molecule has 0 aliphatic carbocycles. The van der Waals surface area contributed by atoms with E-state index in [4.69, 9.17) is 9.84 Å². The number of carbonyl (C=O) groups is 2. The van der Waals surface area contributed by atoms with Crippen LogP contribution in [-0.2, 0) is 14.3 Å². The molecule has 0 radical (unpaired) electrons. The molecule has 2 N–H and O–H groups in total. The van der Waals surface area contributed by atoms with Gasteiger partial charge in [-0.15, -0.1) is 0 Å². The highest BCUT2D eigenvalue weighted by molar-refractivity contribution is 5.81. The number of carboxylic acid groups (broad SMARTS) is 1. The van der Waals surface area contributed by atoms with Crippen molar-refractivity contribution in [2.24, 2.45) is 5.92 Å². The van der Waals surface area contributed by atoms with E-state index in [1.54, 1.807) is 4.90 Å². The van der Waals surface area contributed by atoms with Gasteiger partial charge >= 0.3 is 5.97 Å². The lowest BCUT2D eigenvalue weighted by Crippen LogP contribution is -2.52. The minimum Gasteiger partial charge on any atom is -0.479 e. The van der Waals surface area contributed by atoms with Crippen molar-refractivity contribution in [2.45, 2.75) is 18.9 Å². The fourth-order valence-electron chi connectivity index (χ4n) is 2.32. The van der Waals surface area contributed by atoms with Crippen molar-refractivity contribution >= 4 is 11.9 Å². The standard InChI is InChI=1S/C11H18N2O4/c14-10(8-2-1-3-12-6-8)13-4-5-17-9(7-13)11(15)16/h8-9,12H,1-7H2,(H,15,16)/t8-,9?/m0/s1. The van der Waals surface area contributed by atoms with E-state index in [9.17, 15) is 9.59 Å². The monoisotopic (exact) mass is 242 g/mol. The third-order valence-corrected chi connectivity index (χ3v) is 3.30. The number of carboxylic acids is 1. The van der Waals surface area contributed by atoms with Crippen LogP contribution in [-0.4, -0.2) is 60.8 Å². The van der Waals surface area contributed by atoms with Crippen LogP contribution in [0.15, 0.2) is 0 Å². The average molecular weight is 242 g/mol. The lowest BCUT2D eigenvalue weighted by molar-refractivity contribution is -0.160. The van der Waals surface area contributed by atoms with Crippen molar-refractivity contribution in [1.29, 1.82) is 0 Å². The van der Waals surface area contributed by atoms with Gasteiger partial charge in [0.2, 0.25) is 5.91 Å². The first-order chi connectivity index (χ1) is 8.18. The van der Waals surface area contributed by atoms with E-state index in [2.05, 4.69) is 5.32 Å². The summed E-state index contributed by atoms with van der Waals surface area (Å²) in [6.07, 6.45) is 1.02. The van der Waals surface area contributed by atoms with Gasteiger partial charge in [-0.25, -0.2) is 4.79 Å². The lowest BCUT2D eigenvalue weighted by atomic mass is 9.98. The minimum atomic E-state index is -0.996. The molecule has 6 nitrogen and oxygen atoms in total. The van der Waals surface area contributed by atoms with Gasteiger partial charge in [0.25, 0.3) is 0 Å². The van der Waals surface area contributed by atoms with Crippen molar-refractivity contribution in [2.75, 3.05) is 32.8 Å². The van der Waals surface area contributed by atoms with E-state index < -0.39 is 12.1 Å². The zero-order valence-electron chi connectivity index (χ0n) is 9.72. The SMILES string of the molecule is O=C(O)C1CN(C(=O)[C@H]2CCCNC2)CCO1. The molecule has 0 aromatic rings. The summed E-state index contributed by atoms with van der Waals surface area (Å²) in [5.41, 5.74) is 0. The molecule has 2 saturated heterocycles. The van der Waals surface area contributed by atoms with E-state index in [1.807, 2.05) is 0 Å². The predicted octanol–water partition coefficient (Wildman–Crippen LogP) is -0.702. The molecule has 2 atom stereocenters. The van der Waals surface area contributed by atoms with Crippen LogP contribution >= 0.6 is 0 Å². The molecule has 2 aliphatic rings. The molecule has 1 amide bonds. The van der Waals surface area contributed by atoms with E-state index in [0.717, 1.165) is 19.4 Å². The van der Waals surface area contributed by atoms with E-state index >= 15 is 0 Å². The maximum Gasteiger partial charge on any atom is 0.334 e. The molecule has 0 bridgehead atoms. The topological polar surface area (TPSA) is 78.9 Å². The van der Waals surface area contributed by atoms with E-state index in [-0.39, 0.29) is 18.4 Å². The highest BCUT2D eigenvalue weighted by Crippen LogP contribution is 2.16. The largest absolute Gasteiger partial charge is 0.479 e. The highest BCUT2D eigenvalue weighted by atomic mass is 16.5. The Bertz CT molecular complexity index is 302. The average Bonchev–Trinajstić information content (AvgIpc) is 2.39. The number of aliphatic carboxylic acids is 1. The van der Waals surface area contributed by atoms with Crippen molar-refractivity contribution < 1.29 is 19.4 Å². The number of amides is 1. The number of hydrogen-bond donors (Lipinski definition) is 2. The van der Waals surface area contributed by atoms with Crippen LogP contribution in [0.2, 0.25) is 0 Å². The van der Waals surface area contributed by atoms with Crippen LogP contribution < -0.4 is 5.32 Å². The Labute approximate surface area is 99.9 Å². The zero-order chi connectivity index (χ0) is 12.3. The van der Waals surface area contributed by atoms with Crippen LogP contribution in [0.4, 0.5) is 0 Å². The molecule has 0 saturated carbocycles. The van der Waals surface area contributed by atoms with Crippen molar-refractivity contribution in [1.82, 2.24) is 10.2 Å². The zero-order valence-corrected chi connectivity index (χ0v) is 9.72. The molecule has 0 aromatic carbocycles. The quantitative estimate of drug-likeness (QED) is 0.669. The van der Waals surface area contributed by atoms with Gasteiger partial charge < -0.3 is 20.1 Å². The maximum atomic E-state index is 12.2. The number of nitrogens with zero attached hydrogens (tertiary/aromatic N) is 1. The Hall–Kier alpha value is -1.14. The molecule has 2 rings (SSSR count). The molecular weight excluding hydrogens is 224 g/mol. The predicted molar refractivity (Wildman–Crippen MR) is 59.5 cm³/mol. The molecular formula is C11H18N2O4. The van der Waals surface area contributed by atoms with Crippen LogP contribution in [0.25, 0.3) is 0 Å². The molecule has 2 aliphatic heterocycles. The fourth-order valence-corrected chi connectivity index (χ4v) is 2.32. The molecule has 96 valence electrons. The summed E-state index contributed by atoms with van der Waals surface area (Å²) < 4.78 is 5.10. The first-order valence-corrected chi connectivity index (χ1v) is 6.02. The lowest BCUT2D eigenvalue weighted by Gasteiger charge is -2.34. The Kier molecular flexibility index (Phi) is 3.96. The van der Waals surface area contributed by atoms with E-state index in [0.29, 0.717) is 19.7 Å². The minimum absolute atomic E-state index is 0.00343. The number of nitrogens with one attached hydrogen (secondary N) is 1. The summed E-state index contributed by atoms with van der Waals surface area (Å²) in [6.45, 7) is 2.64. The first-order valence-electron chi connectivity index (χ1n) is 6.02. The van der Waals surface area contributed by atoms with Crippen molar-refractivity contribution in [3.8, 4) is 0 Å². The normalized spacial score (nSPS) is 30.0. The van der Waals surface area contributed by atoms with Gasteiger partial charge in [0.1, 0.15) is 0 Å². The van der Waals surface area contributed by atoms with Crippen LogP contribution in [0, 0.1) is 5.92 Å². The Balaban J connectivity index is 1.91. The Morgan fingerprint density at radius 2 is 2.24 bits per heavy atom. The van der Waals surface area contributed by atoms with Crippen LogP contribution in [0.3, 0.4) is 0 Å². The molecule has 2 fully saturated rings. The number of carbonyl (C=O) groups excluding carboxylic acids is 1. The van der Waals surface area contributed by atoms with E-state index in [1.165, 1.54) is 0 Å². The van der Waals surface area contributed by atoms with Gasteiger partial charge in [-0.1, -0.05) is 0 Å². The van der Waals surface area contributed by atoms with Gasteiger partial charge in [0, 0.05) is 13.1 Å². The van der Waals surface area contributed by atoms with Gasteiger partial charge in [-0.3, -0.25) is 4.79 Å². The second-order valence-corrected chi connectivity index (χ2v) is 4.53. The first kappa shape index (κ1) is 12.3. The van der Waals surface area contributed by atoms with Gasteiger partial charge in [-0.05, 0) is 19.4 Å². The van der Waals surface area contributed by atoms with Gasteiger partial charge in [0.05, 0.1) is 19.1 Å². The summed E-state index contributed by atoms with van der Waals surface area (Å²) >= 11 is 0. The number of rotatable bonds is 2.